The van der Waals surface area contributed by atoms with E-state index in [0.29, 0.717) is 0 Å². The Labute approximate surface area is 757 Å². The van der Waals surface area contributed by atoms with Crippen molar-refractivity contribution in [2.45, 2.75) is 0 Å². The second kappa shape index (κ2) is 31.9. The largest absolute Gasteiger partial charge is 0.309 e. The Balaban J connectivity index is 0.000000107. The minimum Gasteiger partial charge on any atom is -0.309 e. The van der Waals surface area contributed by atoms with Crippen LogP contribution in [0.1, 0.15) is 0 Å². The van der Waals surface area contributed by atoms with Crippen molar-refractivity contribution in [1.82, 2.24) is 22.8 Å². The number of rotatable bonds is 11. The number of hydrogen-bond donors (Lipinski definition) is 0. The van der Waals surface area contributed by atoms with E-state index in [4.69, 9.17) is 0 Å². The van der Waals surface area contributed by atoms with Crippen LogP contribution in [0.5, 0.6) is 0 Å². The lowest BCUT2D eigenvalue weighted by atomic mass is 9.92. The van der Waals surface area contributed by atoms with Crippen molar-refractivity contribution in [2.75, 3.05) is 0 Å². The fourth-order valence-corrected chi connectivity index (χ4v) is 20.8. The summed E-state index contributed by atoms with van der Waals surface area (Å²) in [4.78, 5) is 0. The minimum absolute atomic E-state index is 1.16. The highest BCUT2D eigenvalue weighted by molar-refractivity contribution is 6.26. The summed E-state index contributed by atoms with van der Waals surface area (Å²) >= 11 is 0. The third-order valence-corrected chi connectivity index (χ3v) is 26.8. The van der Waals surface area contributed by atoms with Gasteiger partial charge in [-0.05, 0) is 257 Å². The molecular formula is C126H83N5. The first-order chi connectivity index (χ1) is 65.0. The number of hydrogen-bond acceptors (Lipinski definition) is 0. The van der Waals surface area contributed by atoms with Crippen LogP contribution in [0, 0.1) is 0 Å². The van der Waals surface area contributed by atoms with Gasteiger partial charge in [-0.1, -0.05) is 346 Å². The number of para-hydroxylation sites is 7. The molecule has 612 valence electrons. The van der Waals surface area contributed by atoms with Gasteiger partial charge in [0.05, 0.1) is 55.2 Å². The standard InChI is InChI=1S/C48H32N2.C42H28N2.C36H23N/c1-3-13-33(14-4-1)35-17-11-19-39(29-35)49-45-23-9-7-21-41(45)43-31-37(25-27-47(43)49)38-26-28-48-44(32-38)42-22-8-10-24-46(42)50(48)40-20-12-18-36(30-40)34-15-5-2-6-16-34;1-3-12-29(13-4-1)30-14-11-17-34(26-30)44-40-21-10-8-19-36(40)38-28-32(23-25-42(38)44)31-22-24-41-37(27-31)35-18-7-9-20-39(35)43(41)33-15-5-2-6-16-33;1-2-10-26(11-3-1)37-35-17-9-8-16-32(35)34-23-25(19-21-36(34)37)24-18-20-31-29-14-5-4-12-27(29)28-13-6-7-15-30(28)33(31)22-24/h1-32H;1-28H;1-23H. The van der Waals surface area contributed by atoms with E-state index in [9.17, 15) is 0 Å². The molecule has 0 saturated carbocycles. The van der Waals surface area contributed by atoms with Crippen LogP contribution in [0.3, 0.4) is 0 Å². The molecule has 0 bridgehead atoms. The van der Waals surface area contributed by atoms with E-state index in [1.165, 1.54) is 225 Å². The van der Waals surface area contributed by atoms with Gasteiger partial charge in [0.2, 0.25) is 0 Å². The first-order valence-corrected chi connectivity index (χ1v) is 45.1. The molecule has 0 N–H and O–H groups in total. The summed E-state index contributed by atoms with van der Waals surface area (Å²) in [6, 6.07) is 183. The predicted octanol–water partition coefficient (Wildman–Crippen LogP) is 34.0. The zero-order chi connectivity index (χ0) is 86.4. The van der Waals surface area contributed by atoms with Crippen LogP contribution in [-0.4, -0.2) is 22.8 Å². The van der Waals surface area contributed by atoms with Gasteiger partial charge in [0, 0.05) is 82.3 Å². The SMILES string of the molecule is c1ccc(-c2cccc(-n3c4ccccc4c4cc(-c5ccc6c(c5)c5ccccc5n6-c5cccc(-c6ccccc6)c5)ccc43)c2)cc1.c1ccc(-c2cccc(-n3c4ccccc4c4cc(-c5ccc6c(c5)c5ccccc5n6-c5ccccc5)ccc43)c2)cc1.c1ccc(-n2c3ccccc3c3cc(-c4ccc5c6ccccc6c6ccccc6c5c4)ccc32)cc1. The zero-order valence-corrected chi connectivity index (χ0v) is 71.7. The normalized spacial score (nSPS) is 11.7. The summed E-state index contributed by atoms with van der Waals surface area (Å²) < 4.78 is 11.9. The van der Waals surface area contributed by atoms with Gasteiger partial charge >= 0.3 is 0 Å². The van der Waals surface area contributed by atoms with Crippen LogP contribution in [0.25, 0.3) is 237 Å². The number of aromatic nitrogens is 5. The Morgan fingerprint density at radius 1 is 0.0840 bits per heavy atom. The lowest BCUT2D eigenvalue weighted by Crippen LogP contribution is -1.94. The van der Waals surface area contributed by atoms with Crippen LogP contribution in [-0.2, 0) is 0 Å². The maximum absolute atomic E-state index is 2.40. The van der Waals surface area contributed by atoms with Gasteiger partial charge in [-0.2, -0.15) is 0 Å². The van der Waals surface area contributed by atoms with E-state index in [2.05, 4.69) is 526 Å². The van der Waals surface area contributed by atoms with Crippen molar-refractivity contribution in [1.29, 1.82) is 0 Å². The molecule has 27 rings (SSSR count). The molecule has 5 heteroatoms. The monoisotopic (exact) mass is 1670 g/mol. The average molecular weight is 1670 g/mol. The Morgan fingerprint density at radius 2 is 0.252 bits per heavy atom. The second-order valence-corrected chi connectivity index (χ2v) is 34.2. The molecule has 22 aromatic carbocycles. The summed E-state index contributed by atoms with van der Waals surface area (Å²) in [6.07, 6.45) is 0. The predicted molar refractivity (Wildman–Crippen MR) is 556 cm³/mol. The van der Waals surface area contributed by atoms with E-state index in [-0.39, 0.29) is 0 Å². The smallest absolute Gasteiger partial charge is 0.0541 e. The molecule has 27 aromatic rings. The fourth-order valence-electron chi connectivity index (χ4n) is 20.8. The number of fused-ring (bicyclic) bond motifs is 21. The van der Waals surface area contributed by atoms with E-state index >= 15 is 0 Å². The van der Waals surface area contributed by atoms with Gasteiger partial charge in [-0.15, -0.1) is 0 Å². The molecule has 5 nitrogen and oxygen atoms in total. The molecule has 0 amide bonds. The molecule has 5 heterocycles. The van der Waals surface area contributed by atoms with E-state index < -0.39 is 0 Å². The molecular weight excluding hydrogens is 1580 g/mol. The van der Waals surface area contributed by atoms with E-state index in [1.807, 2.05) is 0 Å². The Hall–Kier alpha value is -17.4. The lowest BCUT2D eigenvalue weighted by Gasteiger charge is -2.12. The van der Waals surface area contributed by atoms with Gasteiger partial charge < -0.3 is 22.8 Å². The van der Waals surface area contributed by atoms with Crippen molar-refractivity contribution in [3.05, 3.63) is 504 Å². The van der Waals surface area contributed by atoms with Gasteiger partial charge in [-0.3, -0.25) is 0 Å². The quantitative estimate of drug-likeness (QED) is 0.115. The Morgan fingerprint density at radius 3 is 0.519 bits per heavy atom. The van der Waals surface area contributed by atoms with Gasteiger partial charge in [0.1, 0.15) is 0 Å². The second-order valence-electron chi connectivity index (χ2n) is 34.2. The van der Waals surface area contributed by atoms with E-state index in [1.54, 1.807) is 0 Å². The molecule has 0 spiro atoms. The number of nitrogens with zero attached hydrogens (tertiary/aromatic N) is 5. The summed E-state index contributed by atoms with van der Waals surface area (Å²) in [5.41, 5.74) is 32.7. The summed E-state index contributed by atoms with van der Waals surface area (Å²) in [5.74, 6) is 0. The third-order valence-electron chi connectivity index (χ3n) is 26.8. The minimum atomic E-state index is 1.16. The van der Waals surface area contributed by atoms with Crippen molar-refractivity contribution in [3.8, 4) is 95.2 Å². The van der Waals surface area contributed by atoms with Gasteiger partial charge in [-0.25, -0.2) is 0 Å². The third kappa shape index (κ3) is 13.2. The van der Waals surface area contributed by atoms with Gasteiger partial charge in [0.15, 0.2) is 0 Å². The highest BCUT2D eigenvalue weighted by Gasteiger charge is 2.22. The van der Waals surface area contributed by atoms with Crippen LogP contribution in [0.2, 0.25) is 0 Å². The van der Waals surface area contributed by atoms with Gasteiger partial charge in [0.25, 0.3) is 0 Å². The van der Waals surface area contributed by atoms with Crippen molar-refractivity contribution in [2.24, 2.45) is 0 Å². The van der Waals surface area contributed by atoms with Crippen molar-refractivity contribution in [3.63, 3.8) is 0 Å². The number of benzene rings is 22. The molecule has 0 atom stereocenters. The van der Waals surface area contributed by atoms with Crippen LogP contribution < -0.4 is 0 Å². The molecule has 0 radical (unpaired) electrons. The maximum atomic E-state index is 2.40. The molecule has 0 fully saturated rings. The maximum Gasteiger partial charge on any atom is 0.0541 e. The van der Waals surface area contributed by atoms with Crippen LogP contribution in [0.15, 0.2) is 504 Å². The molecule has 0 aliphatic carbocycles. The molecule has 0 aliphatic rings. The van der Waals surface area contributed by atoms with Crippen molar-refractivity contribution >= 4 is 141 Å². The summed E-state index contributed by atoms with van der Waals surface area (Å²) in [5, 5.41) is 20.5. The van der Waals surface area contributed by atoms with E-state index in [0.717, 1.165) is 11.4 Å². The lowest BCUT2D eigenvalue weighted by molar-refractivity contribution is 1.18. The van der Waals surface area contributed by atoms with Crippen LogP contribution in [0.4, 0.5) is 0 Å². The molecule has 0 unspecified atom stereocenters. The average Bonchev–Trinajstić information content (AvgIpc) is 1.73. The first-order valence-electron chi connectivity index (χ1n) is 45.1. The Bertz CT molecular complexity index is 8910. The van der Waals surface area contributed by atoms with Crippen LogP contribution >= 0.6 is 0 Å². The summed E-state index contributed by atoms with van der Waals surface area (Å²) in [7, 11) is 0. The topological polar surface area (TPSA) is 24.6 Å². The highest BCUT2D eigenvalue weighted by atomic mass is 15.0. The zero-order valence-electron chi connectivity index (χ0n) is 71.7. The molecule has 131 heavy (non-hydrogen) atoms. The first kappa shape index (κ1) is 76.1. The summed E-state index contributed by atoms with van der Waals surface area (Å²) in [6.45, 7) is 0. The molecule has 5 aromatic heterocycles. The molecule has 0 aliphatic heterocycles. The van der Waals surface area contributed by atoms with Crippen molar-refractivity contribution < 1.29 is 0 Å². The molecule has 0 saturated heterocycles. The highest BCUT2D eigenvalue weighted by Crippen LogP contribution is 2.45. The Kier molecular flexibility index (Phi) is 18.5. The fraction of sp³-hybridized carbons (Fsp3) is 0.